The van der Waals surface area contributed by atoms with Crippen molar-refractivity contribution >= 4 is 50.4 Å². The fourth-order valence-electron chi connectivity index (χ4n) is 8.62. The van der Waals surface area contributed by atoms with Crippen molar-refractivity contribution in [3.63, 3.8) is 0 Å². The van der Waals surface area contributed by atoms with Crippen molar-refractivity contribution < 1.29 is 23.9 Å². The van der Waals surface area contributed by atoms with Gasteiger partial charge in [-0.2, -0.15) is 0 Å². The number of hydrogen-bond donors (Lipinski definition) is 0. The molecule has 5 aromatic carbocycles. The molecule has 3 aliphatic rings. The highest BCUT2D eigenvalue weighted by atomic mass is 79.9. The molecule has 0 unspecified atom stereocenters. The molecule has 2 bridgehead atoms. The molecule has 1 aliphatic heterocycles. The van der Waals surface area contributed by atoms with E-state index in [4.69, 9.17) is 9.47 Å². The number of nitrogens with zero attached hydrogens (tertiary/aromatic N) is 1. The van der Waals surface area contributed by atoms with Crippen LogP contribution in [0.25, 0.3) is 11.1 Å². The summed E-state index contributed by atoms with van der Waals surface area (Å²) >= 11 is 3.61. The van der Waals surface area contributed by atoms with Crippen molar-refractivity contribution in [3.05, 3.63) is 160 Å². The van der Waals surface area contributed by atoms with Crippen LogP contribution in [0.2, 0.25) is 0 Å². The predicted octanol–water partition coefficient (Wildman–Crippen LogP) is 7.96. The Morgan fingerprint density at radius 2 is 1.02 bits per heavy atom. The first kappa shape index (κ1) is 31.0. The number of aryl methyl sites for hydroxylation is 1. The molecule has 1 saturated carbocycles. The predicted molar refractivity (Wildman–Crippen MR) is 192 cm³/mol. The van der Waals surface area contributed by atoms with E-state index < -0.39 is 22.7 Å². The molecule has 2 fully saturated rings. The molecule has 2 amide bonds. The average Bonchev–Trinajstić information content (AvgIpc) is 3.65. The number of rotatable bonds is 7. The number of imide groups is 1. The van der Waals surface area contributed by atoms with Crippen LogP contribution in [0.5, 0.6) is 11.5 Å². The normalized spacial score (nSPS) is 24.1. The Hall–Kier alpha value is -5.27. The standard InChI is InChI=1S/C42H32BrNO5/c1-25-14-19-30(24-33(25)43)44-38(45)36-37(39(44)46)42(29-12-8-5-9-13-29)35(27-17-22-32(49-3)23-18-27)34(26-15-20-31(48-2)21-16-26)41(36,40(42)47)28-10-6-4-7-11-28/h4-24,36-37H,1-3H3/t36-,37+,41-,42-/m0/s1. The van der Waals surface area contributed by atoms with Crippen molar-refractivity contribution in [2.45, 2.75) is 17.8 Å². The van der Waals surface area contributed by atoms with Crippen LogP contribution in [0.4, 0.5) is 5.69 Å². The lowest BCUT2D eigenvalue weighted by atomic mass is 9.59. The maximum absolute atomic E-state index is 16.1. The molecule has 7 heteroatoms. The van der Waals surface area contributed by atoms with E-state index in [1.807, 2.05) is 128 Å². The van der Waals surface area contributed by atoms with Gasteiger partial charge in [0, 0.05) is 4.47 Å². The number of carbonyl (C=O) groups is 3. The van der Waals surface area contributed by atoms with E-state index in [1.54, 1.807) is 20.3 Å². The van der Waals surface area contributed by atoms with E-state index >= 15 is 14.4 Å². The minimum absolute atomic E-state index is 0.171. The highest BCUT2D eigenvalue weighted by Gasteiger charge is 2.82. The average molecular weight is 711 g/mol. The summed E-state index contributed by atoms with van der Waals surface area (Å²) in [5.74, 6) is -1.63. The van der Waals surface area contributed by atoms with Crippen molar-refractivity contribution in [1.29, 1.82) is 0 Å². The number of ether oxygens (including phenoxy) is 2. The van der Waals surface area contributed by atoms with Crippen LogP contribution in [-0.2, 0) is 25.2 Å². The molecular formula is C42H32BrNO5. The molecule has 4 atom stereocenters. The minimum Gasteiger partial charge on any atom is -0.497 e. The molecule has 1 heterocycles. The van der Waals surface area contributed by atoms with Gasteiger partial charge in [-0.3, -0.25) is 14.4 Å². The lowest BCUT2D eigenvalue weighted by molar-refractivity contribution is -0.130. The number of methoxy groups -OCH3 is 2. The molecule has 0 spiro atoms. The molecule has 1 saturated heterocycles. The van der Waals surface area contributed by atoms with Gasteiger partial charge in [-0.25, -0.2) is 4.90 Å². The number of carbonyl (C=O) groups excluding carboxylic acids is 3. The van der Waals surface area contributed by atoms with Crippen molar-refractivity contribution in [1.82, 2.24) is 0 Å². The van der Waals surface area contributed by atoms with Gasteiger partial charge < -0.3 is 9.47 Å². The number of fused-ring (bicyclic) bond motifs is 5. The summed E-state index contributed by atoms with van der Waals surface area (Å²) in [6.45, 7) is 1.95. The Kier molecular flexibility index (Phi) is 7.23. The maximum Gasteiger partial charge on any atom is 0.239 e. The number of ketones is 1. The van der Waals surface area contributed by atoms with Gasteiger partial charge >= 0.3 is 0 Å². The van der Waals surface area contributed by atoms with Crippen LogP contribution in [0.3, 0.4) is 0 Å². The summed E-state index contributed by atoms with van der Waals surface area (Å²) in [7, 11) is 3.22. The number of halogens is 1. The topological polar surface area (TPSA) is 72.9 Å². The SMILES string of the molecule is COc1ccc(C2=C(c3ccc(OC)cc3)[C@]3(c4ccccc4)C(=O)[C@]2(c2ccccc2)[C@@H]2C(=O)N(c4ccc(C)c(Br)c4)C(=O)[C@@H]23)cc1. The van der Waals surface area contributed by atoms with E-state index in [0.717, 1.165) is 32.3 Å². The van der Waals surface area contributed by atoms with Gasteiger partial charge in [0.2, 0.25) is 11.8 Å². The van der Waals surface area contributed by atoms with Gasteiger partial charge in [-0.1, -0.05) is 107 Å². The molecule has 242 valence electrons. The first-order valence-corrected chi connectivity index (χ1v) is 16.9. The molecule has 2 aliphatic carbocycles. The largest absolute Gasteiger partial charge is 0.497 e. The third kappa shape index (κ3) is 4.09. The molecular weight excluding hydrogens is 678 g/mol. The van der Waals surface area contributed by atoms with Crippen LogP contribution in [0.15, 0.2) is 132 Å². The number of anilines is 1. The first-order valence-electron chi connectivity index (χ1n) is 16.1. The van der Waals surface area contributed by atoms with E-state index in [9.17, 15) is 0 Å². The zero-order valence-electron chi connectivity index (χ0n) is 27.1. The lowest BCUT2D eigenvalue weighted by Crippen LogP contribution is -2.45. The second-order valence-electron chi connectivity index (χ2n) is 12.8. The minimum atomic E-state index is -1.49. The summed E-state index contributed by atoms with van der Waals surface area (Å²) in [4.78, 5) is 47.7. The Balaban J connectivity index is 1.54. The van der Waals surface area contributed by atoms with Gasteiger partial charge in [0.15, 0.2) is 5.78 Å². The fourth-order valence-corrected chi connectivity index (χ4v) is 8.98. The third-order valence-corrected chi connectivity index (χ3v) is 11.5. The zero-order chi connectivity index (χ0) is 34.1. The van der Waals surface area contributed by atoms with Crippen molar-refractivity contribution in [2.24, 2.45) is 11.8 Å². The number of amides is 2. The highest BCUT2D eigenvalue weighted by Crippen LogP contribution is 2.74. The third-order valence-electron chi connectivity index (χ3n) is 10.6. The van der Waals surface area contributed by atoms with Gasteiger partial charge in [0.05, 0.1) is 42.6 Å². The molecule has 5 aromatic rings. The smallest absolute Gasteiger partial charge is 0.239 e. The number of Topliss-reactive ketones (excluding diaryl/α,β-unsaturated/α-hetero) is 1. The Morgan fingerprint density at radius 1 is 0.592 bits per heavy atom. The quantitative estimate of drug-likeness (QED) is 0.160. The van der Waals surface area contributed by atoms with Crippen molar-refractivity contribution in [3.8, 4) is 11.5 Å². The molecule has 49 heavy (non-hydrogen) atoms. The van der Waals surface area contributed by atoms with Crippen LogP contribution in [0, 0.1) is 18.8 Å². The highest BCUT2D eigenvalue weighted by molar-refractivity contribution is 9.10. The molecule has 0 N–H and O–H groups in total. The molecule has 6 nitrogen and oxygen atoms in total. The van der Waals surface area contributed by atoms with E-state index in [2.05, 4.69) is 15.9 Å². The Bertz CT molecular complexity index is 2050. The van der Waals surface area contributed by atoms with Crippen molar-refractivity contribution in [2.75, 3.05) is 19.1 Å². The summed E-state index contributed by atoms with van der Waals surface area (Å²) in [5, 5.41) is 0. The molecule has 0 aromatic heterocycles. The first-order chi connectivity index (χ1) is 23.8. The number of benzene rings is 5. The Labute approximate surface area is 293 Å². The maximum atomic E-state index is 16.1. The fraction of sp³-hybridized carbons (Fsp3) is 0.167. The second-order valence-corrected chi connectivity index (χ2v) is 13.6. The molecule has 8 rings (SSSR count). The van der Waals surface area contributed by atoms with Gasteiger partial charge in [0.1, 0.15) is 11.5 Å². The van der Waals surface area contributed by atoms with Gasteiger partial charge in [-0.15, -0.1) is 0 Å². The van der Waals surface area contributed by atoms with Gasteiger partial charge in [-0.05, 0) is 82.3 Å². The summed E-state index contributed by atoms with van der Waals surface area (Å²) < 4.78 is 11.8. The summed E-state index contributed by atoms with van der Waals surface area (Å²) in [6, 6.07) is 39.8. The lowest BCUT2D eigenvalue weighted by Gasteiger charge is -2.39. The second kappa shape index (κ2) is 11.4. The van der Waals surface area contributed by atoms with Gasteiger partial charge in [0.25, 0.3) is 0 Å². The number of hydrogen-bond acceptors (Lipinski definition) is 5. The number of allylic oxidation sites excluding steroid dienone is 2. The van der Waals surface area contributed by atoms with Crippen LogP contribution < -0.4 is 14.4 Å². The van der Waals surface area contributed by atoms with E-state index in [0.29, 0.717) is 28.3 Å². The summed E-state index contributed by atoms with van der Waals surface area (Å²) in [5.41, 5.74) is 2.80. The monoisotopic (exact) mass is 709 g/mol. The van der Waals surface area contributed by atoms with Crippen LogP contribution in [-0.4, -0.2) is 31.8 Å². The summed E-state index contributed by atoms with van der Waals surface area (Å²) in [6.07, 6.45) is 0. The van der Waals surface area contributed by atoms with Crippen LogP contribution in [0.1, 0.15) is 27.8 Å². The van der Waals surface area contributed by atoms with E-state index in [1.165, 1.54) is 4.90 Å². The zero-order valence-corrected chi connectivity index (χ0v) is 28.7. The Morgan fingerprint density at radius 3 is 1.41 bits per heavy atom. The van der Waals surface area contributed by atoms with Crippen LogP contribution >= 0.6 is 15.9 Å². The van der Waals surface area contributed by atoms with E-state index in [-0.39, 0.29) is 17.6 Å². The molecule has 0 radical (unpaired) electrons.